The molecule has 0 aromatic heterocycles. The van der Waals surface area contributed by atoms with Crippen LogP contribution in [0.2, 0.25) is 10.0 Å². The largest absolute Gasteiger partial charge is 0.310 e. The van der Waals surface area contributed by atoms with Crippen molar-refractivity contribution in [2.45, 2.75) is 57.9 Å². The van der Waals surface area contributed by atoms with Gasteiger partial charge in [0, 0.05) is 16.1 Å². The predicted octanol–water partition coefficient (Wildman–Crippen LogP) is 6.00. The second kappa shape index (κ2) is 8.26. The van der Waals surface area contributed by atoms with E-state index in [1.54, 1.807) is 0 Å². The first-order valence-corrected chi connectivity index (χ1v) is 8.64. The van der Waals surface area contributed by atoms with Gasteiger partial charge >= 0.3 is 0 Å². The van der Waals surface area contributed by atoms with Crippen LogP contribution in [0.25, 0.3) is 0 Å². The van der Waals surface area contributed by atoms with Crippen LogP contribution in [-0.2, 0) is 0 Å². The fraction of sp³-hybridized carbons (Fsp3) is 0.647. The highest BCUT2D eigenvalue weighted by Gasteiger charge is 2.20. The van der Waals surface area contributed by atoms with Crippen LogP contribution in [-0.4, -0.2) is 6.54 Å². The molecule has 20 heavy (non-hydrogen) atoms. The fourth-order valence-electron chi connectivity index (χ4n) is 3.19. The number of benzene rings is 1. The van der Waals surface area contributed by atoms with Crippen molar-refractivity contribution in [1.82, 2.24) is 5.32 Å². The Labute approximate surface area is 133 Å². The first kappa shape index (κ1) is 16.1. The number of halogens is 2. The smallest absolute Gasteiger partial charge is 0.0424 e. The minimum absolute atomic E-state index is 0.384. The zero-order valence-corrected chi connectivity index (χ0v) is 13.8. The molecule has 0 radical (unpaired) electrons. The average molecular weight is 314 g/mol. The van der Waals surface area contributed by atoms with Crippen molar-refractivity contribution in [3.8, 4) is 0 Å². The molecule has 2 rings (SSSR count). The maximum atomic E-state index is 6.16. The van der Waals surface area contributed by atoms with Crippen LogP contribution in [0, 0.1) is 5.92 Å². The molecule has 1 nitrogen and oxygen atoms in total. The summed E-state index contributed by atoms with van der Waals surface area (Å²) in [6, 6.07) is 6.31. The Morgan fingerprint density at radius 1 is 1.10 bits per heavy atom. The van der Waals surface area contributed by atoms with E-state index >= 15 is 0 Å². The number of hydrogen-bond acceptors (Lipinski definition) is 1. The predicted molar refractivity (Wildman–Crippen MR) is 88.7 cm³/mol. The van der Waals surface area contributed by atoms with E-state index < -0.39 is 0 Å². The van der Waals surface area contributed by atoms with Crippen molar-refractivity contribution in [2.75, 3.05) is 6.54 Å². The van der Waals surface area contributed by atoms with Crippen molar-refractivity contribution in [2.24, 2.45) is 5.92 Å². The lowest BCUT2D eigenvalue weighted by Gasteiger charge is -2.28. The van der Waals surface area contributed by atoms with E-state index in [0.717, 1.165) is 28.9 Å². The van der Waals surface area contributed by atoms with Gasteiger partial charge in [0.1, 0.15) is 0 Å². The van der Waals surface area contributed by atoms with Crippen molar-refractivity contribution >= 4 is 23.2 Å². The zero-order valence-electron chi connectivity index (χ0n) is 12.3. The highest BCUT2D eigenvalue weighted by atomic mass is 35.5. The van der Waals surface area contributed by atoms with Crippen molar-refractivity contribution < 1.29 is 0 Å². The lowest BCUT2D eigenvalue weighted by molar-refractivity contribution is 0.300. The average Bonchev–Trinajstić information content (AvgIpc) is 2.43. The van der Waals surface area contributed by atoms with Crippen LogP contribution in [0.15, 0.2) is 18.2 Å². The van der Waals surface area contributed by atoms with E-state index in [4.69, 9.17) is 23.2 Å². The molecule has 1 atom stereocenters. The quantitative estimate of drug-likeness (QED) is 0.678. The van der Waals surface area contributed by atoms with Gasteiger partial charge in [-0.25, -0.2) is 0 Å². The van der Waals surface area contributed by atoms with E-state index in [2.05, 4.69) is 24.4 Å². The standard InChI is InChI=1S/C17H25Cl2N/c1-2-8-20-17(9-13-6-4-3-5-7-13)14-10-15(18)12-16(19)11-14/h10-13,17,20H,2-9H2,1H3. The second-order valence-corrected chi connectivity index (χ2v) is 6.82. The molecule has 1 aliphatic rings. The zero-order chi connectivity index (χ0) is 14.4. The Morgan fingerprint density at radius 3 is 2.35 bits per heavy atom. The number of nitrogens with one attached hydrogen (secondary N) is 1. The molecule has 0 aliphatic heterocycles. The normalized spacial score (nSPS) is 18.1. The molecule has 1 aliphatic carbocycles. The molecule has 1 aromatic carbocycles. The molecule has 0 saturated heterocycles. The summed E-state index contributed by atoms with van der Waals surface area (Å²) in [5.74, 6) is 0.843. The van der Waals surface area contributed by atoms with Crippen LogP contribution >= 0.6 is 23.2 Å². The summed E-state index contributed by atoms with van der Waals surface area (Å²) in [7, 11) is 0. The summed E-state index contributed by atoms with van der Waals surface area (Å²) < 4.78 is 0. The van der Waals surface area contributed by atoms with Gasteiger partial charge in [0.2, 0.25) is 0 Å². The second-order valence-electron chi connectivity index (χ2n) is 5.95. The van der Waals surface area contributed by atoms with Crippen LogP contribution in [0.3, 0.4) is 0 Å². The van der Waals surface area contributed by atoms with Crippen LogP contribution < -0.4 is 5.32 Å². The Balaban J connectivity index is 2.08. The lowest BCUT2D eigenvalue weighted by Crippen LogP contribution is -2.25. The third-order valence-electron chi connectivity index (χ3n) is 4.22. The van der Waals surface area contributed by atoms with Gasteiger partial charge in [0.05, 0.1) is 0 Å². The minimum Gasteiger partial charge on any atom is -0.310 e. The molecular weight excluding hydrogens is 289 g/mol. The van der Waals surface area contributed by atoms with Crippen molar-refractivity contribution in [3.05, 3.63) is 33.8 Å². The monoisotopic (exact) mass is 313 g/mol. The maximum absolute atomic E-state index is 6.16. The SMILES string of the molecule is CCCNC(CC1CCCCC1)c1cc(Cl)cc(Cl)c1. The van der Waals surface area contributed by atoms with Crippen molar-refractivity contribution in [3.63, 3.8) is 0 Å². The van der Waals surface area contributed by atoms with E-state index in [9.17, 15) is 0 Å². The highest BCUT2D eigenvalue weighted by Crippen LogP contribution is 2.33. The van der Waals surface area contributed by atoms with Gasteiger partial charge in [-0.1, -0.05) is 62.2 Å². The lowest BCUT2D eigenvalue weighted by atomic mass is 9.83. The molecule has 1 saturated carbocycles. The molecule has 1 aromatic rings. The third kappa shape index (κ3) is 4.95. The molecule has 1 N–H and O–H groups in total. The van der Waals surface area contributed by atoms with E-state index in [1.165, 1.54) is 44.1 Å². The molecular formula is C17H25Cl2N. The molecule has 0 heterocycles. The van der Waals surface area contributed by atoms with E-state index in [1.807, 2.05) is 6.07 Å². The Bertz CT molecular complexity index is 393. The summed E-state index contributed by atoms with van der Waals surface area (Å²) in [4.78, 5) is 0. The van der Waals surface area contributed by atoms with E-state index in [0.29, 0.717) is 6.04 Å². The molecule has 1 unspecified atom stereocenters. The Morgan fingerprint density at radius 2 is 1.75 bits per heavy atom. The maximum Gasteiger partial charge on any atom is 0.0424 e. The molecule has 1 fully saturated rings. The highest BCUT2D eigenvalue weighted by molar-refractivity contribution is 6.34. The van der Waals surface area contributed by atoms with Gasteiger partial charge in [0.15, 0.2) is 0 Å². The number of hydrogen-bond donors (Lipinski definition) is 1. The van der Waals surface area contributed by atoms with Gasteiger partial charge in [-0.3, -0.25) is 0 Å². The van der Waals surface area contributed by atoms with Gasteiger partial charge in [-0.2, -0.15) is 0 Å². The summed E-state index contributed by atoms with van der Waals surface area (Å²) >= 11 is 12.3. The van der Waals surface area contributed by atoms with E-state index in [-0.39, 0.29) is 0 Å². The first-order valence-electron chi connectivity index (χ1n) is 7.88. The summed E-state index contributed by atoms with van der Waals surface area (Å²) in [5.41, 5.74) is 1.24. The summed E-state index contributed by atoms with van der Waals surface area (Å²) in [6.45, 7) is 3.25. The van der Waals surface area contributed by atoms with Crippen LogP contribution in [0.4, 0.5) is 0 Å². The topological polar surface area (TPSA) is 12.0 Å². The molecule has 3 heteroatoms. The molecule has 0 spiro atoms. The molecule has 112 valence electrons. The van der Waals surface area contributed by atoms with Crippen LogP contribution in [0.1, 0.15) is 63.5 Å². The van der Waals surface area contributed by atoms with Gasteiger partial charge < -0.3 is 5.32 Å². The third-order valence-corrected chi connectivity index (χ3v) is 4.66. The fourth-order valence-corrected chi connectivity index (χ4v) is 3.73. The van der Waals surface area contributed by atoms with Gasteiger partial charge in [-0.05, 0) is 49.1 Å². The number of rotatable bonds is 6. The summed E-state index contributed by atoms with van der Waals surface area (Å²) in [6.07, 6.45) is 9.29. The Hall–Kier alpha value is -0.240. The molecule has 0 amide bonds. The first-order chi connectivity index (χ1) is 9.69. The Kier molecular flexibility index (Phi) is 6.67. The molecule has 0 bridgehead atoms. The minimum atomic E-state index is 0.384. The van der Waals surface area contributed by atoms with Crippen molar-refractivity contribution in [1.29, 1.82) is 0 Å². The van der Waals surface area contributed by atoms with Gasteiger partial charge in [-0.15, -0.1) is 0 Å². The van der Waals surface area contributed by atoms with Gasteiger partial charge in [0.25, 0.3) is 0 Å². The van der Waals surface area contributed by atoms with Crippen LogP contribution in [0.5, 0.6) is 0 Å². The summed E-state index contributed by atoms with van der Waals surface area (Å²) in [5, 5.41) is 5.14.